The zero-order valence-electron chi connectivity index (χ0n) is 9.16. The molecule has 0 bridgehead atoms. The SMILES string of the molecule is CC(C)(O)Cc1ccc(OCCBr)cc1. The van der Waals surface area contributed by atoms with Gasteiger partial charge in [0, 0.05) is 11.8 Å². The van der Waals surface area contributed by atoms with E-state index in [0.717, 1.165) is 16.6 Å². The van der Waals surface area contributed by atoms with E-state index in [1.807, 2.05) is 38.1 Å². The van der Waals surface area contributed by atoms with Gasteiger partial charge in [0.25, 0.3) is 0 Å². The summed E-state index contributed by atoms with van der Waals surface area (Å²) in [7, 11) is 0. The van der Waals surface area contributed by atoms with Crippen LogP contribution in [0.5, 0.6) is 5.75 Å². The third-order valence-electron chi connectivity index (χ3n) is 1.91. The van der Waals surface area contributed by atoms with Crippen LogP contribution in [0.3, 0.4) is 0 Å². The molecule has 0 heterocycles. The van der Waals surface area contributed by atoms with Gasteiger partial charge in [-0.1, -0.05) is 28.1 Å². The third-order valence-corrected chi connectivity index (χ3v) is 2.23. The normalized spacial score (nSPS) is 11.5. The molecule has 3 heteroatoms. The van der Waals surface area contributed by atoms with E-state index in [-0.39, 0.29) is 0 Å². The predicted molar refractivity (Wildman–Crippen MR) is 65.7 cm³/mol. The lowest BCUT2D eigenvalue weighted by Crippen LogP contribution is -2.21. The molecular weight excluding hydrogens is 256 g/mol. The molecule has 0 saturated heterocycles. The van der Waals surface area contributed by atoms with Crippen molar-refractivity contribution in [3.8, 4) is 5.75 Å². The third kappa shape index (κ3) is 5.19. The molecule has 0 spiro atoms. The van der Waals surface area contributed by atoms with Gasteiger partial charge in [-0.2, -0.15) is 0 Å². The van der Waals surface area contributed by atoms with E-state index in [4.69, 9.17) is 4.74 Å². The molecule has 1 rings (SSSR count). The van der Waals surface area contributed by atoms with Crippen LogP contribution >= 0.6 is 15.9 Å². The molecule has 0 fully saturated rings. The number of rotatable bonds is 5. The van der Waals surface area contributed by atoms with Crippen molar-refractivity contribution in [2.75, 3.05) is 11.9 Å². The van der Waals surface area contributed by atoms with Crippen LogP contribution in [0, 0.1) is 0 Å². The van der Waals surface area contributed by atoms with E-state index in [9.17, 15) is 5.11 Å². The summed E-state index contributed by atoms with van der Waals surface area (Å²) in [6.45, 7) is 4.29. The fourth-order valence-electron chi connectivity index (χ4n) is 1.36. The van der Waals surface area contributed by atoms with Crippen LogP contribution in [0.15, 0.2) is 24.3 Å². The van der Waals surface area contributed by atoms with E-state index < -0.39 is 5.60 Å². The molecule has 84 valence electrons. The van der Waals surface area contributed by atoms with E-state index in [0.29, 0.717) is 13.0 Å². The Labute approximate surface area is 99.4 Å². The maximum absolute atomic E-state index is 9.64. The van der Waals surface area contributed by atoms with Gasteiger partial charge in [0.1, 0.15) is 5.75 Å². The van der Waals surface area contributed by atoms with Gasteiger partial charge in [-0.15, -0.1) is 0 Å². The standard InChI is InChI=1S/C12H17BrO2/c1-12(2,14)9-10-3-5-11(6-4-10)15-8-7-13/h3-6,14H,7-9H2,1-2H3. The van der Waals surface area contributed by atoms with E-state index >= 15 is 0 Å². The number of benzene rings is 1. The summed E-state index contributed by atoms with van der Waals surface area (Å²) < 4.78 is 5.43. The van der Waals surface area contributed by atoms with E-state index in [1.54, 1.807) is 0 Å². The van der Waals surface area contributed by atoms with Crippen molar-refractivity contribution < 1.29 is 9.84 Å². The van der Waals surface area contributed by atoms with Crippen molar-refractivity contribution in [1.82, 2.24) is 0 Å². The highest BCUT2D eigenvalue weighted by Gasteiger charge is 2.12. The molecule has 0 radical (unpaired) electrons. The fraction of sp³-hybridized carbons (Fsp3) is 0.500. The van der Waals surface area contributed by atoms with Gasteiger partial charge in [0.05, 0.1) is 12.2 Å². The smallest absolute Gasteiger partial charge is 0.119 e. The minimum absolute atomic E-state index is 0.655. The van der Waals surface area contributed by atoms with Crippen molar-refractivity contribution in [2.24, 2.45) is 0 Å². The van der Waals surface area contributed by atoms with Gasteiger partial charge in [-0.3, -0.25) is 0 Å². The first-order chi connectivity index (χ1) is 7.01. The van der Waals surface area contributed by atoms with Crippen molar-refractivity contribution >= 4 is 15.9 Å². The predicted octanol–water partition coefficient (Wildman–Crippen LogP) is 2.77. The van der Waals surface area contributed by atoms with Crippen LogP contribution in [-0.4, -0.2) is 22.6 Å². The minimum atomic E-state index is -0.655. The van der Waals surface area contributed by atoms with Crippen molar-refractivity contribution in [3.05, 3.63) is 29.8 Å². The highest BCUT2D eigenvalue weighted by molar-refractivity contribution is 9.09. The zero-order valence-corrected chi connectivity index (χ0v) is 10.8. The summed E-state index contributed by atoms with van der Waals surface area (Å²) in [5.74, 6) is 0.869. The summed E-state index contributed by atoms with van der Waals surface area (Å²) in [5, 5.41) is 10.5. The summed E-state index contributed by atoms with van der Waals surface area (Å²) in [5.41, 5.74) is 0.465. The second kappa shape index (κ2) is 5.52. The topological polar surface area (TPSA) is 29.5 Å². The maximum Gasteiger partial charge on any atom is 0.119 e. The summed E-state index contributed by atoms with van der Waals surface area (Å²) >= 11 is 3.30. The Bertz CT molecular complexity index is 287. The van der Waals surface area contributed by atoms with Crippen LogP contribution < -0.4 is 4.74 Å². The van der Waals surface area contributed by atoms with E-state index in [2.05, 4.69) is 15.9 Å². The monoisotopic (exact) mass is 272 g/mol. The van der Waals surface area contributed by atoms with Gasteiger partial charge in [0.15, 0.2) is 0 Å². The first-order valence-electron chi connectivity index (χ1n) is 5.01. The number of alkyl halides is 1. The lowest BCUT2D eigenvalue weighted by Gasteiger charge is -2.17. The lowest BCUT2D eigenvalue weighted by molar-refractivity contribution is 0.0810. The van der Waals surface area contributed by atoms with Gasteiger partial charge in [-0.05, 0) is 31.5 Å². The molecule has 2 nitrogen and oxygen atoms in total. The van der Waals surface area contributed by atoms with E-state index in [1.165, 1.54) is 0 Å². The first-order valence-corrected chi connectivity index (χ1v) is 6.13. The Morgan fingerprint density at radius 3 is 2.33 bits per heavy atom. The quantitative estimate of drug-likeness (QED) is 0.836. The summed E-state index contributed by atoms with van der Waals surface area (Å²) in [6, 6.07) is 7.84. The Hall–Kier alpha value is -0.540. The second-order valence-corrected chi connectivity index (χ2v) is 4.96. The number of aliphatic hydroxyl groups is 1. The van der Waals surface area contributed by atoms with Crippen LogP contribution in [-0.2, 0) is 6.42 Å². The molecule has 0 unspecified atom stereocenters. The molecule has 0 saturated carbocycles. The Morgan fingerprint density at radius 2 is 1.87 bits per heavy atom. The fourth-order valence-corrected chi connectivity index (χ4v) is 1.52. The Morgan fingerprint density at radius 1 is 1.27 bits per heavy atom. The lowest BCUT2D eigenvalue weighted by atomic mass is 9.99. The summed E-state index contributed by atoms with van der Waals surface area (Å²) in [6.07, 6.45) is 0.658. The Kier molecular flexibility index (Phi) is 4.61. The Balaban J connectivity index is 2.56. The molecule has 0 atom stereocenters. The molecule has 15 heavy (non-hydrogen) atoms. The average molecular weight is 273 g/mol. The number of ether oxygens (including phenoxy) is 1. The van der Waals surface area contributed by atoms with Gasteiger partial charge < -0.3 is 9.84 Å². The average Bonchev–Trinajstić information content (AvgIpc) is 2.14. The molecule has 0 aromatic heterocycles. The largest absolute Gasteiger partial charge is 0.493 e. The second-order valence-electron chi connectivity index (χ2n) is 4.17. The number of halogens is 1. The highest BCUT2D eigenvalue weighted by atomic mass is 79.9. The van der Waals surface area contributed by atoms with Crippen molar-refractivity contribution in [3.63, 3.8) is 0 Å². The molecule has 0 amide bonds. The molecule has 1 aromatic carbocycles. The first kappa shape index (κ1) is 12.5. The van der Waals surface area contributed by atoms with Crippen molar-refractivity contribution in [2.45, 2.75) is 25.9 Å². The number of hydrogen-bond donors (Lipinski definition) is 1. The van der Waals surface area contributed by atoms with Crippen LogP contribution in [0.4, 0.5) is 0 Å². The molecule has 0 aliphatic heterocycles. The van der Waals surface area contributed by atoms with Crippen molar-refractivity contribution in [1.29, 1.82) is 0 Å². The van der Waals surface area contributed by atoms with Crippen LogP contribution in [0.2, 0.25) is 0 Å². The van der Waals surface area contributed by atoms with Gasteiger partial charge >= 0.3 is 0 Å². The molecule has 1 N–H and O–H groups in total. The molecular formula is C12H17BrO2. The molecule has 1 aromatic rings. The highest BCUT2D eigenvalue weighted by Crippen LogP contribution is 2.16. The molecule has 0 aliphatic carbocycles. The number of hydrogen-bond acceptors (Lipinski definition) is 2. The minimum Gasteiger partial charge on any atom is -0.493 e. The van der Waals surface area contributed by atoms with Crippen LogP contribution in [0.25, 0.3) is 0 Å². The van der Waals surface area contributed by atoms with Gasteiger partial charge in [0.2, 0.25) is 0 Å². The van der Waals surface area contributed by atoms with Crippen LogP contribution in [0.1, 0.15) is 19.4 Å². The zero-order chi connectivity index (χ0) is 11.3. The van der Waals surface area contributed by atoms with Gasteiger partial charge in [-0.25, -0.2) is 0 Å². The molecule has 0 aliphatic rings. The maximum atomic E-state index is 9.64. The summed E-state index contributed by atoms with van der Waals surface area (Å²) in [4.78, 5) is 0.